The second kappa shape index (κ2) is 5.21. The van der Waals surface area contributed by atoms with Crippen molar-refractivity contribution in [1.29, 1.82) is 0 Å². The van der Waals surface area contributed by atoms with Gasteiger partial charge in [-0.25, -0.2) is 0 Å². The zero-order valence-electron chi connectivity index (χ0n) is 11.7. The van der Waals surface area contributed by atoms with Crippen molar-refractivity contribution in [1.82, 2.24) is 15.1 Å². The molecule has 1 aliphatic rings. The standard InChI is InChI=1S/C15H22N4/c1-11(12-5-7-19(2)8-6-12)17-14-3-4-15-13(9-14)10-16-18-15/h3-4,9-12,17H,5-8H2,1-2H3,(H,16,18). The molecule has 0 spiro atoms. The van der Waals surface area contributed by atoms with Gasteiger partial charge in [0.25, 0.3) is 0 Å². The molecule has 1 aromatic heterocycles. The normalized spacial score (nSPS) is 19.7. The van der Waals surface area contributed by atoms with Crippen molar-refractivity contribution in [3.05, 3.63) is 24.4 Å². The molecule has 1 aliphatic heterocycles. The summed E-state index contributed by atoms with van der Waals surface area (Å²) in [5, 5.41) is 11.9. The number of aromatic amines is 1. The molecule has 4 heteroatoms. The predicted molar refractivity (Wildman–Crippen MR) is 79.4 cm³/mol. The minimum atomic E-state index is 0.526. The molecule has 1 aromatic carbocycles. The highest BCUT2D eigenvalue weighted by molar-refractivity contribution is 5.81. The molecule has 0 radical (unpaired) electrons. The van der Waals surface area contributed by atoms with Gasteiger partial charge < -0.3 is 10.2 Å². The summed E-state index contributed by atoms with van der Waals surface area (Å²) in [4.78, 5) is 2.42. The molecule has 2 aromatic rings. The van der Waals surface area contributed by atoms with Crippen LogP contribution in [-0.2, 0) is 0 Å². The Morgan fingerprint density at radius 3 is 2.95 bits per heavy atom. The lowest BCUT2D eigenvalue weighted by atomic mass is 9.90. The molecular formula is C15H22N4. The van der Waals surface area contributed by atoms with Gasteiger partial charge in [-0.15, -0.1) is 0 Å². The van der Waals surface area contributed by atoms with Crippen LogP contribution in [0.1, 0.15) is 19.8 Å². The molecular weight excluding hydrogens is 236 g/mol. The molecule has 1 unspecified atom stereocenters. The smallest absolute Gasteiger partial charge is 0.0651 e. The molecule has 3 rings (SSSR count). The van der Waals surface area contributed by atoms with E-state index in [4.69, 9.17) is 0 Å². The van der Waals surface area contributed by atoms with Crippen molar-refractivity contribution >= 4 is 16.6 Å². The summed E-state index contributed by atoms with van der Waals surface area (Å²) < 4.78 is 0. The summed E-state index contributed by atoms with van der Waals surface area (Å²) in [7, 11) is 2.21. The first-order chi connectivity index (χ1) is 9.22. The molecule has 2 N–H and O–H groups in total. The Morgan fingerprint density at radius 1 is 1.37 bits per heavy atom. The van der Waals surface area contributed by atoms with Gasteiger partial charge in [0.05, 0.1) is 11.7 Å². The average Bonchev–Trinajstić information content (AvgIpc) is 2.87. The lowest BCUT2D eigenvalue weighted by molar-refractivity contribution is 0.208. The van der Waals surface area contributed by atoms with E-state index in [0.717, 1.165) is 11.4 Å². The summed E-state index contributed by atoms with van der Waals surface area (Å²) in [6.45, 7) is 4.74. The Hall–Kier alpha value is -1.55. The summed E-state index contributed by atoms with van der Waals surface area (Å²) in [6, 6.07) is 6.92. The van der Waals surface area contributed by atoms with Gasteiger partial charge in [0, 0.05) is 17.1 Å². The van der Waals surface area contributed by atoms with Gasteiger partial charge in [0.2, 0.25) is 0 Å². The highest BCUT2D eigenvalue weighted by Crippen LogP contribution is 2.24. The van der Waals surface area contributed by atoms with Crippen LogP contribution < -0.4 is 5.32 Å². The van der Waals surface area contributed by atoms with Crippen molar-refractivity contribution in [2.75, 3.05) is 25.5 Å². The molecule has 0 aliphatic carbocycles. The minimum Gasteiger partial charge on any atom is -0.382 e. The van der Waals surface area contributed by atoms with Crippen LogP contribution in [0.4, 0.5) is 5.69 Å². The maximum absolute atomic E-state index is 4.06. The zero-order valence-corrected chi connectivity index (χ0v) is 11.7. The minimum absolute atomic E-state index is 0.526. The quantitative estimate of drug-likeness (QED) is 0.889. The monoisotopic (exact) mass is 258 g/mol. The fraction of sp³-hybridized carbons (Fsp3) is 0.533. The van der Waals surface area contributed by atoms with E-state index in [9.17, 15) is 0 Å². The summed E-state index contributed by atoms with van der Waals surface area (Å²) >= 11 is 0. The molecule has 102 valence electrons. The van der Waals surface area contributed by atoms with Gasteiger partial charge in [-0.3, -0.25) is 5.10 Å². The Balaban J connectivity index is 1.66. The van der Waals surface area contributed by atoms with Crippen molar-refractivity contribution in [2.24, 2.45) is 5.92 Å². The number of aromatic nitrogens is 2. The highest BCUT2D eigenvalue weighted by Gasteiger charge is 2.22. The predicted octanol–water partition coefficient (Wildman–Crippen LogP) is 2.71. The van der Waals surface area contributed by atoms with Crippen LogP contribution in [0, 0.1) is 5.92 Å². The van der Waals surface area contributed by atoms with E-state index in [-0.39, 0.29) is 0 Å². The van der Waals surface area contributed by atoms with Gasteiger partial charge in [0.1, 0.15) is 0 Å². The first-order valence-electron chi connectivity index (χ1n) is 7.10. The third-order valence-electron chi connectivity index (χ3n) is 4.30. The number of hydrogen-bond acceptors (Lipinski definition) is 3. The van der Waals surface area contributed by atoms with Crippen molar-refractivity contribution in [2.45, 2.75) is 25.8 Å². The fourth-order valence-corrected chi connectivity index (χ4v) is 2.94. The molecule has 0 bridgehead atoms. The van der Waals surface area contributed by atoms with Crippen LogP contribution >= 0.6 is 0 Å². The number of nitrogens with zero attached hydrogens (tertiary/aromatic N) is 2. The van der Waals surface area contributed by atoms with Crippen molar-refractivity contribution < 1.29 is 0 Å². The molecule has 1 atom stereocenters. The number of rotatable bonds is 3. The maximum atomic E-state index is 4.06. The molecule has 4 nitrogen and oxygen atoms in total. The average molecular weight is 258 g/mol. The number of nitrogens with one attached hydrogen (secondary N) is 2. The van der Waals surface area contributed by atoms with Gasteiger partial charge in [-0.1, -0.05) is 0 Å². The Labute approximate surface area is 114 Å². The van der Waals surface area contributed by atoms with E-state index >= 15 is 0 Å². The van der Waals surface area contributed by atoms with Gasteiger partial charge in [-0.05, 0) is 64.0 Å². The molecule has 19 heavy (non-hydrogen) atoms. The first-order valence-corrected chi connectivity index (χ1v) is 7.10. The van der Waals surface area contributed by atoms with E-state index in [1.165, 1.54) is 37.0 Å². The zero-order chi connectivity index (χ0) is 13.2. The molecule has 1 fully saturated rings. The van der Waals surface area contributed by atoms with Crippen LogP contribution in [-0.4, -0.2) is 41.3 Å². The third-order valence-corrected chi connectivity index (χ3v) is 4.30. The lowest BCUT2D eigenvalue weighted by Crippen LogP contribution is -2.37. The number of hydrogen-bond donors (Lipinski definition) is 2. The number of anilines is 1. The summed E-state index contributed by atoms with van der Waals surface area (Å²) in [5.74, 6) is 0.774. The van der Waals surface area contributed by atoms with Crippen LogP contribution in [0.15, 0.2) is 24.4 Å². The second-order valence-corrected chi connectivity index (χ2v) is 5.75. The largest absolute Gasteiger partial charge is 0.382 e. The Kier molecular flexibility index (Phi) is 3.42. The SMILES string of the molecule is CC(Nc1ccc2[nH]ncc2c1)C1CCN(C)CC1. The number of piperidine rings is 1. The van der Waals surface area contributed by atoms with Crippen LogP contribution in [0.2, 0.25) is 0 Å². The lowest BCUT2D eigenvalue weighted by Gasteiger charge is -2.33. The molecule has 0 saturated carbocycles. The van der Waals surface area contributed by atoms with Crippen LogP contribution in [0.3, 0.4) is 0 Å². The second-order valence-electron chi connectivity index (χ2n) is 5.75. The van der Waals surface area contributed by atoms with Crippen molar-refractivity contribution in [3.8, 4) is 0 Å². The number of benzene rings is 1. The first kappa shape index (κ1) is 12.5. The Morgan fingerprint density at radius 2 is 2.16 bits per heavy atom. The number of likely N-dealkylation sites (tertiary alicyclic amines) is 1. The fourth-order valence-electron chi connectivity index (χ4n) is 2.94. The molecule has 1 saturated heterocycles. The van der Waals surface area contributed by atoms with Crippen LogP contribution in [0.5, 0.6) is 0 Å². The highest BCUT2D eigenvalue weighted by atomic mass is 15.1. The third kappa shape index (κ3) is 2.73. The van der Waals surface area contributed by atoms with Gasteiger partial charge in [-0.2, -0.15) is 5.10 Å². The molecule has 2 heterocycles. The van der Waals surface area contributed by atoms with E-state index in [0.29, 0.717) is 6.04 Å². The summed E-state index contributed by atoms with van der Waals surface area (Å²) in [6.07, 6.45) is 4.46. The van der Waals surface area contributed by atoms with Crippen LogP contribution in [0.25, 0.3) is 10.9 Å². The Bertz CT molecular complexity index is 540. The number of H-pyrrole nitrogens is 1. The maximum Gasteiger partial charge on any atom is 0.0651 e. The van der Waals surface area contributed by atoms with Crippen molar-refractivity contribution in [3.63, 3.8) is 0 Å². The van der Waals surface area contributed by atoms with E-state index in [1.807, 2.05) is 6.20 Å². The van der Waals surface area contributed by atoms with E-state index < -0.39 is 0 Å². The van der Waals surface area contributed by atoms with E-state index in [1.54, 1.807) is 0 Å². The number of fused-ring (bicyclic) bond motifs is 1. The summed E-state index contributed by atoms with van der Waals surface area (Å²) in [5.41, 5.74) is 2.29. The topological polar surface area (TPSA) is 44.0 Å². The van der Waals surface area contributed by atoms with Gasteiger partial charge >= 0.3 is 0 Å². The van der Waals surface area contributed by atoms with E-state index in [2.05, 4.69) is 52.6 Å². The van der Waals surface area contributed by atoms with Gasteiger partial charge in [0.15, 0.2) is 0 Å². The molecule has 0 amide bonds.